The van der Waals surface area contributed by atoms with Gasteiger partial charge in [0.2, 0.25) is 10.0 Å². The van der Waals surface area contributed by atoms with Crippen molar-refractivity contribution < 1.29 is 13.2 Å². The molecule has 1 unspecified atom stereocenters. The van der Waals surface area contributed by atoms with Crippen LogP contribution in [0.3, 0.4) is 0 Å². The van der Waals surface area contributed by atoms with Crippen molar-refractivity contribution >= 4 is 21.7 Å². The molecule has 138 valence electrons. The first-order chi connectivity index (χ1) is 11.9. The Bertz CT molecular complexity index is 691. The summed E-state index contributed by atoms with van der Waals surface area (Å²) in [4.78, 5) is 18.2. The summed E-state index contributed by atoms with van der Waals surface area (Å²) in [7, 11) is -3.22. The minimum absolute atomic E-state index is 0.00325. The van der Waals surface area contributed by atoms with Crippen molar-refractivity contribution in [2.45, 2.75) is 50.6 Å². The molecular weight excluding hydrogens is 340 g/mol. The molecule has 2 heterocycles. The molecule has 1 aliphatic heterocycles. The van der Waals surface area contributed by atoms with Crippen LogP contribution >= 0.6 is 0 Å². The molecule has 25 heavy (non-hydrogen) atoms. The number of hydrogen-bond donors (Lipinski definition) is 1. The number of sulfonamides is 1. The Hall–Kier alpha value is -1.67. The third-order valence-electron chi connectivity index (χ3n) is 5.08. The normalized spacial score (nSPS) is 22.3. The van der Waals surface area contributed by atoms with Gasteiger partial charge in [0.25, 0.3) is 0 Å². The topological polar surface area (TPSA) is 82.6 Å². The van der Waals surface area contributed by atoms with Crippen LogP contribution in [-0.4, -0.2) is 60.1 Å². The van der Waals surface area contributed by atoms with Crippen molar-refractivity contribution in [3.05, 3.63) is 24.5 Å². The van der Waals surface area contributed by atoms with Crippen molar-refractivity contribution in [3.63, 3.8) is 0 Å². The van der Waals surface area contributed by atoms with Crippen LogP contribution in [0.25, 0.3) is 0 Å². The van der Waals surface area contributed by atoms with E-state index >= 15 is 0 Å². The second-order valence-corrected chi connectivity index (χ2v) is 8.81. The SMILES string of the molecule is CS(=O)(=O)N(C1CCC1)C1CCCN(C(=O)Nc2cccnc2)CC1. The van der Waals surface area contributed by atoms with Crippen molar-refractivity contribution in [1.29, 1.82) is 0 Å². The maximum atomic E-state index is 12.5. The first-order valence-electron chi connectivity index (χ1n) is 8.89. The number of urea groups is 1. The second kappa shape index (κ2) is 7.70. The monoisotopic (exact) mass is 366 g/mol. The van der Waals surface area contributed by atoms with Crippen LogP contribution in [0.5, 0.6) is 0 Å². The molecule has 0 radical (unpaired) electrons. The highest BCUT2D eigenvalue weighted by Crippen LogP contribution is 2.32. The van der Waals surface area contributed by atoms with E-state index in [1.54, 1.807) is 33.7 Å². The summed E-state index contributed by atoms with van der Waals surface area (Å²) in [5.41, 5.74) is 0.667. The summed E-state index contributed by atoms with van der Waals surface area (Å²) >= 11 is 0. The number of rotatable bonds is 4. The minimum atomic E-state index is -3.22. The average molecular weight is 366 g/mol. The first-order valence-corrected chi connectivity index (χ1v) is 10.7. The Kier molecular flexibility index (Phi) is 5.58. The zero-order valence-electron chi connectivity index (χ0n) is 14.6. The van der Waals surface area contributed by atoms with Gasteiger partial charge in [-0.15, -0.1) is 0 Å². The molecule has 0 spiro atoms. The van der Waals surface area contributed by atoms with E-state index in [9.17, 15) is 13.2 Å². The lowest BCUT2D eigenvalue weighted by molar-refractivity contribution is 0.162. The molecule has 2 aliphatic rings. The standard InChI is InChI=1S/C17H26N4O3S/c1-25(23,24)21(15-6-2-7-15)16-8-4-11-20(12-9-16)17(22)19-14-5-3-10-18-13-14/h3,5,10,13,15-16H,2,4,6-9,11-12H2,1H3,(H,19,22). The fourth-order valence-electron chi connectivity index (χ4n) is 3.66. The zero-order valence-corrected chi connectivity index (χ0v) is 15.4. The smallest absolute Gasteiger partial charge is 0.321 e. The summed E-state index contributed by atoms with van der Waals surface area (Å²) in [5.74, 6) is 0. The maximum Gasteiger partial charge on any atom is 0.321 e. The summed E-state index contributed by atoms with van der Waals surface area (Å²) < 4.78 is 26.2. The number of hydrogen-bond acceptors (Lipinski definition) is 4. The number of anilines is 1. The summed E-state index contributed by atoms with van der Waals surface area (Å²) in [5, 5.41) is 2.85. The van der Waals surface area contributed by atoms with Crippen LogP contribution in [-0.2, 0) is 10.0 Å². The van der Waals surface area contributed by atoms with E-state index in [-0.39, 0.29) is 18.1 Å². The largest absolute Gasteiger partial charge is 0.324 e. The quantitative estimate of drug-likeness (QED) is 0.886. The molecule has 1 saturated heterocycles. The number of aromatic nitrogens is 1. The average Bonchev–Trinajstić information content (AvgIpc) is 2.76. The van der Waals surface area contributed by atoms with Crippen LogP contribution in [0.4, 0.5) is 10.5 Å². The highest BCUT2D eigenvalue weighted by atomic mass is 32.2. The van der Waals surface area contributed by atoms with Crippen molar-refractivity contribution in [1.82, 2.24) is 14.2 Å². The third kappa shape index (κ3) is 4.49. The Morgan fingerprint density at radius 2 is 1.92 bits per heavy atom. The Morgan fingerprint density at radius 3 is 2.52 bits per heavy atom. The van der Waals surface area contributed by atoms with E-state index in [2.05, 4.69) is 10.3 Å². The third-order valence-corrected chi connectivity index (χ3v) is 6.44. The molecule has 1 saturated carbocycles. The van der Waals surface area contributed by atoms with Crippen molar-refractivity contribution in [2.24, 2.45) is 0 Å². The van der Waals surface area contributed by atoms with Crippen LogP contribution in [0.15, 0.2) is 24.5 Å². The van der Waals surface area contributed by atoms with Gasteiger partial charge in [-0.25, -0.2) is 13.2 Å². The predicted octanol–water partition coefficient (Wildman–Crippen LogP) is 2.28. The second-order valence-electron chi connectivity index (χ2n) is 6.92. The van der Waals surface area contributed by atoms with Crippen molar-refractivity contribution in [3.8, 4) is 0 Å². The fourth-order valence-corrected chi connectivity index (χ4v) is 5.16. The van der Waals surface area contributed by atoms with Crippen LogP contribution in [0.1, 0.15) is 38.5 Å². The molecule has 1 aromatic rings. The number of amides is 2. The molecular formula is C17H26N4O3S. The first kappa shape index (κ1) is 18.1. The van der Waals surface area contributed by atoms with Gasteiger partial charge in [-0.2, -0.15) is 4.31 Å². The Balaban J connectivity index is 1.62. The molecule has 3 rings (SSSR count). The highest BCUT2D eigenvalue weighted by molar-refractivity contribution is 7.88. The van der Waals surface area contributed by atoms with Gasteiger partial charge >= 0.3 is 6.03 Å². The molecule has 1 atom stereocenters. The molecule has 0 aromatic carbocycles. The van der Waals surface area contributed by atoms with Gasteiger partial charge in [-0.3, -0.25) is 4.98 Å². The number of carbonyl (C=O) groups excluding carboxylic acids is 1. The van der Waals surface area contributed by atoms with E-state index in [1.165, 1.54) is 6.26 Å². The van der Waals surface area contributed by atoms with Gasteiger partial charge in [0.05, 0.1) is 18.1 Å². The number of likely N-dealkylation sites (tertiary alicyclic amines) is 1. The summed E-state index contributed by atoms with van der Waals surface area (Å²) in [6.07, 6.45) is 9.89. The lowest BCUT2D eigenvalue weighted by atomic mass is 9.91. The number of carbonyl (C=O) groups is 1. The van der Waals surface area contributed by atoms with Gasteiger partial charge in [-0.1, -0.05) is 6.42 Å². The van der Waals surface area contributed by atoms with E-state index < -0.39 is 10.0 Å². The Morgan fingerprint density at radius 1 is 1.20 bits per heavy atom. The molecule has 1 N–H and O–H groups in total. The van der Waals surface area contributed by atoms with E-state index in [0.717, 1.165) is 32.1 Å². The predicted molar refractivity (Wildman–Crippen MR) is 96.8 cm³/mol. The summed E-state index contributed by atoms with van der Waals surface area (Å²) in [6.45, 7) is 1.21. The molecule has 1 aromatic heterocycles. The summed E-state index contributed by atoms with van der Waals surface area (Å²) in [6, 6.07) is 3.57. The van der Waals surface area contributed by atoms with Gasteiger partial charge in [0, 0.05) is 31.4 Å². The van der Waals surface area contributed by atoms with Gasteiger partial charge in [-0.05, 0) is 44.2 Å². The molecule has 2 fully saturated rings. The number of nitrogens with one attached hydrogen (secondary N) is 1. The van der Waals surface area contributed by atoms with Gasteiger partial charge in [0.15, 0.2) is 0 Å². The number of pyridine rings is 1. The highest BCUT2D eigenvalue weighted by Gasteiger charge is 2.37. The molecule has 8 heteroatoms. The molecule has 7 nitrogen and oxygen atoms in total. The molecule has 1 aliphatic carbocycles. The van der Waals surface area contributed by atoms with Gasteiger partial charge in [0.1, 0.15) is 0 Å². The lowest BCUT2D eigenvalue weighted by Crippen LogP contribution is -2.50. The Labute approximate surface area is 149 Å². The van der Waals surface area contributed by atoms with Crippen molar-refractivity contribution in [2.75, 3.05) is 24.7 Å². The van der Waals surface area contributed by atoms with Gasteiger partial charge < -0.3 is 10.2 Å². The zero-order chi connectivity index (χ0) is 17.9. The van der Waals surface area contributed by atoms with E-state index in [4.69, 9.17) is 0 Å². The van der Waals surface area contributed by atoms with E-state index in [0.29, 0.717) is 25.2 Å². The fraction of sp³-hybridized carbons (Fsp3) is 0.647. The molecule has 2 amide bonds. The maximum absolute atomic E-state index is 12.5. The van der Waals surface area contributed by atoms with Crippen LogP contribution < -0.4 is 5.32 Å². The molecule has 0 bridgehead atoms. The lowest BCUT2D eigenvalue weighted by Gasteiger charge is -2.40. The minimum Gasteiger partial charge on any atom is -0.324 e. The van der Waals surface area contributed by atoms with Crippen LogP contribution in [0.2, 0.25) is 0 Å². The van der Waals surface area contributed by atoms with Crippen LogP contribution in [0, 0.1) is 0 Å². The number of nitrogens with zero attached hydrogens (tertiary/aromatic N) is 3. The van der Waals surface area contributed by atoms with E-state index in [1.807, 2.05) is 0 Å².